The van der Waals surface area contributed by atoms with E-state index in [0.717, 1.165) is 5.56 Å². The smallest absolute Gasteiger partial charge is 0.296 e. The fourth-order valence-corrected chi connectivity index (χ4v) is 3.19. The van der Waals surface area contributed by atoms with Gasteiger partial charge in [-0.25, -0.2) is 9.37 Å². The first-order valence-electron chi connectivity index (χ1n) is 9.33. The van der Waals surface area contributed by atoms with E-state index in [4.69, 9.17) is 0 Å². The van der Waals surface area contributed by atoms with Gasteiger partial charge < -0.3 is 10.4 Å². The van der Waals surface area contributed by atoms with Crippen molar-refractivity contribution in [1.29, 1.82) is 0 Å². The lowest BCUT2D eigenvalue weighted by Crippen LogP contribution is -2.34. The third kappa shape index (κ3) is 4.38. The first-order valence-corrected chi connectivity index (χ1v) is 9.33. The molecule has 0 aliphatic heterocycles. The summed E-state index contributed by atoms with van der Waals surface area (Å²) in [4.78, 5) is 31.5. The molecule has 156 valence electrons. The van der Waals surface area contributed by atoms with Gasteiger partial charge in [0, 0.05) is 13.6 Å². The van der Waals surface area contributed by atoms with Crippen LogP contribution >= 0.6 is 0 Å². The number of aromatic nitrogens is 2. The Morgan fingerprint density at radius 1 is 1.17 bits per heavy atom. The summed E-state index contributed by atoms with van der Waals surface area (Å²) in [7, 11) is 5.18. The van der Waals surface area contributed by atoms with E-state index in [1.165, 1.54) is 35.9 Å². The highest BCUT2D eigenvalue weighted by atomic mass is 19.1. The Balaban J connectivity index is 1.97. The highest BCUT2D eigenvalue weighted by Crippen LogP contribution is 2.25. The number of benzene rings is 2. The number of nitrogens with one attached hydrogen (secondary N) is 1. The quantitative estimate of drug-likeness (QED) is 0.651. The molecule has 0 aliphatic rings. The van der Waals surface area contributed by atoms with Crippen molar-refractivity contribution in [2.75, 3.05) is 14.1 Å². The maximum absolute atomic E-state index is 13.0. The Kier molecular flexibility index (Phi) is 6.27. The first-order chi connectivity index (χ1) is 14.3. The Morgan fingerprint density at radius 3 is 2.40 bits per heavy atom. The molecule has 0 bridgehead atoms. The normalized spacial score (nSPS) is 12.0. The number of aromatic hydroxyl groups is 1. The summed E-state index contributed by atoms with van der Waals surface area (Å²) in [5, 5.41) is 12.9. The third-order valence-corrected chi connectivity index (χ3v) is 4.76. The number of halogens is 1. The van der Waals surface area contributed by atoms with E-state index < -0.39 is 23.3 Å². The summed E-state index contributed by atoms with van der Waals surface area (Å²) in [5.41, 5.74) is 0.491. The summed E-state index contributed by atoms with van der Waals surface area (Å²) in [5.74, 6) is -1.47. The number of hydrogen-bond acceptors (Lipinski definition) is 5. The average Bonchev–Trinajstić information content (AvgIpc) is 2.74. The van der Waals surface area contributed by atoms with Gasteiger partial charge in [-0.05, 0) is 37.4 Å². The molecule has 1 atom stereocenters. The zero-order valence-electron chi connectivity index (χ0n) is 17.0. The number of carbonyl (C=O) groups excluding carboxylic acids is 1. The van der Waals surface area contributed by atoms with Crippen LogP contribution in [-0.4, -0.2) is 39.6 Å². The third-order valence-electron chi connectivity index (χ3n) is 4.76. The van der Waals surface area contributed by atoms with Crippen molar-refractivity contribution in [2.45, 2.75) is 12.6 Å². The van der Waals surface area contributed by atoms with Gasteiger partial charge in [0.2, 0.25) is 5.75 Å². The van der Waals surface area contributed by atoms with Crippen molar-refractivity contribution in [3.8, 4) is 5.75 Å². The minimum Gasteiger partial charge on any atom is -0.501 e. The fourth-order valence-electron chi connectivity index (χ4n) is 3.19. The Bertz CT molecular complexity index is 1100. The highest BCUT2D eigenvalue weighted by Gasteiger charge is 2.26. The molecule has 0 spiro atoms. The topological polar surface area (TPSA) is 87.5 Å². The summed E-state index contributed by atoms with van der Waals surface area (Å²) < 4.78 is 14.3. The van der Waals surface area contributed by atoms with Gasteiger partial charge in [-0.2, -0.15) is 0 Å². The summed E-state index contributed by atoms with van der Waals surface area (Å²) in [6.07, 6.45) is 0. The van der Waals surface area contributed by atoms with Crippen molar-refractivity contribution in [3.05, 3.63) is 93.4 Å². The average molecular weight is 410 g/mol. The number of nitrogens with zero attached hydrogens (tertiary/aromatic N) is 3. The molecule has 2 N–H and O–H groups in total. The molecule has 7 nitrogen and oxygen atoms in total. The lowest BCUT2D eigenvalue weighted by Gasteiger charge is -2.26. The van der Waals surface area contributed by atoms with Gasteiger partial charge in [0.25, 0.3) is 11.5 Å². The SMILES string of the molecule is CN(C)C(c1ccccc1)c1nc(C(=O)NCc2ccc(F)cc2)c(O)c(=O)n1C. The van der Waals surface area contributed by atoms with Crippen LogP contribution in [0, 0.1) is 5.82 Å². The van der Waals surface area contributed by atoms with Crippen LogP contribution in [0.3, 0.4) is 0 Å². The summed E-state index contributed by atoms with van der Waals surface area (Å²) >= 11 is 0. The molecule has 3 aromatic rings. The highest BCUT2D eigenvalue weighted by molar-refractivity contribution is 5.94. The largest absolute Gasteiger partial charge is 0.501 e. The molecular weight excluding hydrogens is 387 g/mol. The molecular formula is C22H23FN4O3. The lowest BCUT2D eigenvalue weighted by atomic mass is 10.0. The van der Waals surface area contributed by atoms with Crippen LogP contribution in [0.15, 0.2) is 59.4 Å². The van der Waals surface area contributed by atoms with Crippen LogP contribution in [0.5, 0.6) is 5.75 Å². The fraction of sp³-hybridized carbons (Fsp3) is 0.227. The molecule has 0 aliphatic carbocycles. The predicted molar refractivity (Wildman–Crippen MR) is 111 cm³/mol. The Morgan fingerprint density at radius 2 is 1.80 bits per heavy atom. The first kappa shape index (κ1) is 21.2. The van der Waals surface area contributed by atoms with E-state index in [-0.39, 0.29) is 18.1 Å². The second kappa shape index (κ2) is 8.87. The van der Waals surface area contributed by atoms with Crippen LogP contribution in [0.4, 0.5) is 4.39 Å². The van der Waals surface area contributed by atoms with Crippen molar-refractivity contribution in [3.63, 3.8) is 0 Å². The molecule has 1 aromatic heterocycles. The molecule has 8 heteroatoms. The monoisotopic (exact) mass is 410 g/mol. The van der Waals surface area contributed by atoms with Gasteiger partial charge >= 0.3 is 0 Å². The van der Waals surface area contributed by atoms with Crippen LogP contribution in [0.2, 0.25) is 0 Å². The van der Waals surface area contributed by atoms with E-state index in [1.807, 2.05) is 49.3 Å². The molecule has 0 saturated heterocycles. The minimum absolute atomic E-state index is 0.0978. The molecule has 2 aromatic carbocycles. The maximum atomic E-state index is 13.0. The second-order valence-corrected chi connectivity index (χ2v) is 7.12. The lowest BCUT2D eigenvalue weighted by molar-refractivity contribution is 0.0941. The molecule has 0 radical (unpaired) electrons. The van der Waals surface area contributed by atoms with E-state index in [9.17, 15) is 19.1 Å². The summed E-state index contributed by atoms with van der Waals surface area (Å²) in [6, 6.07) is 14.7. The molecule has 1 unspecified atom stereocenters. The van der Waals surface area contributed by atoms with Gasteiger partial charge in [0.05, 0.1) is 6.04 Å². The molecule has 1 heterocycles. The zero-order chi connectivity index (χ0) is 21.8. The van der Waals surface area contributed by atoms with E-state index in [0.29, 0.717) is 11.4 Å². The van der Waals surface area contributed by atoms with Crippen LogP contribution in [-0.2, 0) is 13.6 Å². The van der Waals surface area contributed by atoms with Gasteiger partial charge in [-0.15, -0.1) is 0 Å². The van der Waals surface area contributed by atoms with E-state index >= 15 is 0 Å². The van der Waals surface area contributed by atoms with Crippen molar-refractivity contribution in [2.24, 2.45) is 7.05 Å². The van der Waals surface area contributed by atoms with Gasteiger partial charge in [-0.1, -0.05) is 42.5 Å². The van der Waals surface area contributed by atoms with Crippen LogP contribution < -0.4 is 10.9 Å². The van der Waals surface area contributed by atoms with E-state index in [1.54, 1.807) is 0 Å². The minimum atomic E-state index is -0.719. The van der Waals surface area contributed by atoms with Crippen molar-refractivity contribution >= 4 is 5.91 Å². The van der Waals surface area contributed by atoms with Crippen molar-refractivity contribution in [1.82, 2.24) is 19.8 Å². The summed E-state index contributed by atoms with van der Waals surface area (Å²) in [6.45, 7) is 0.0978. The molecule has 0 fully saturated rings. The Hall–Kier alpha value is -3.52. The zero-order valence-corrected chi connectivity index (χ0v) is 17.0. The van der Waals surface area contributed by atoms with E-state index in [2.05, 4.69) is 10.3 Å². The predicted octanol–water partition coefficient (Wildman–Crippen LogP) is 2.21. The Labute approximate surface area is 173 Å². The number of carbonyl (C=O) groups is 1. The van der Waals surface area contributed by atoms with Gasteiger partial charge in [0.1, 0.15) is 11.6 Å². The molecule has 0 saturated carbocycles. The van der Waals surface area contributed by atoms with Crippen LogP contribution in [0.1, 0.15) is 33.5 Å². The second-order valence-electron chi connectivity index (χ2n) is 7.12. The molecule has 1 amide bonds. The standard InChI is InChI=1S/C22H23FN4O3/c1-26(2)18(15-7-5-4-6-8-15)20-25-17(19(28)22(30)27(20)3)21(29)24-13-14-9-11-16(23)12-10-14/h4-12,18,28H,13H2,1-3H3,(H,24,29). The van der Waals surface area contributed by atoms with Gasteiger partial charge in [-0.3, -0.25) is 19.1 Å². The number of amides is 1. The molecule has 30 heavy (non-hydrogen) atoms. The number of hydrogen-bond donors (Lipinski definition) is 2. The molecule has 3 rings (SSSR count). The number of rotatable bonds is 6. The van der Waals surface area contributed by atoms with Crippen molar-refractivity contribution < 1.29 is 14.3 Å². The van der Waals surface area contributed by atoms with Crippen LogP contribution in [0.25, 0.3) is 0 Å². The maximum Gasteiger partial charge on any atom is 0.296 e. The van der Waals surface area contributed by atoms with Gasteiger partial charge in [0.15, 0.2) is 5.69 Å².